The summed E-state index contributed by atoms with van der Waals surface area (Å²) in [5.74, 6) is -0.632. The van der Waals surface area contributed by atoms with E-state index in [1.54, 1.807) is 24.3 Å². The van der Waals surface area contributed by atoms with Crippen LogP contribution < -0.4 is 10.6 Å². The van der Waals surface area contributed by atoms with E-state index in [0.29, 0.717) is 22.5 Å². The third kappa shape index (κ3) is 4.16. The van der Waals surface area contributed by atoms with E-state index < -0.39 is 0 Å². The molecule has 26 heavy (non-hydrogen) atoms. The average Bonchev–Trinajstić information content (AvgIpc) is 2.65. The van der Waals surface area contributed by atoms with Crippen molar-refractivity contribution in [1.82, 2.24) is 0 Å². The van der Waals surface area contributed by atoms with Gasteiger partial charge in [0.1, 0.15) is 0 Å². The molecular formula is C22H20N2O2. The normalized spacial score (nSPS) is 10.2. The Bertz CT molecular complexity index is 851. The van der Waals surface area contributed by atoms with Crippen molar-refractivity contribution in [3.63, 3.8) is 0 Å². The SMILES string of the molecule is Cc1ccc(NC(=O)c2ccccc2C(=O)Nc2ccc(C)cc2)cc1. The largest absolute Gasteiger partial charge is 0.322 e. The van der Waals surface area contributed by atoms with Crippen molar-refractivity contribution in [3.05, 3.63) is 95.1 Å². The van der Waals surface area contributed by atoms with Crippen LogP contribution in [0.2, 0.25) is 0 Å². The molecule has 0 aliphatic carbocycles. The van der Waals surface area contributed by atoms with Gasteiger partial charge < -0.3 is 10.6 Å². The van der Waals surface area contributed by atoms with Crippen LogP contribution in [0.1, 0.15) is 31.8 Å². The summed E-state index contributed by atoms with van der Waals surface area (Å²) in [6, 6.07) is 21.8. The number of rotatable bonds is 4. The Hall–Kier alpha value is -3.40. The molecule has 0 unspecified atom stereocenters. The van der Waals surface area contributed by atoms with E-state index in [9.17, 15) is 9.59 Å². The first-order valence-electron chi connectivity index (χ1n) is 8.38. The van der Waals surface area contributed by atoms with Gasteiger partial charge in [-0.3, -0.25) is 9.59 Å². The number of amides is 2. The molecule has 0 saturated carbocycles. The summed E-state index contributed by atoms with van der Waals surface area (Å²) in [6.45, 7) is 3.96. The molecule has 130 valence electrons. The standard InChI is InChI=1S/C22H20N2O2/c1-15-7-11-17(12-8-15)23-21(25)19-5-3-4-6-20(19)22(26)24-18-13-9-16(2)10-14-18/h3-14H,1-2H3,(H,23,25)(H,24,26). The number of nitrogens with one attached hydrogen (secondary N) is 2. The lowest BCUT2D eigenvalue weighted by Crippen LogP contribution is -2.20. The molecule has 4 heteroatoms. The van der Waals surface area contributed by atoms with Gasteiger partial charge in [-0.2, -0.15) is 0 Å². The smallest absolute Gasteiger partial charge is 0.256 e. The Labute approximate surface area is 152 Å². The van der Waals surface area contributed by atoms with Gasteiger partial charge in [-0.1, -0.05) is 47.5 Å². The van der Waals surface area contributed by atoms with Gasteiger partial charge in [-0.15, -0.1) is 0 Å². The van der Waals surface area contributed by atoms with Crippen molar-refractivity contribution in [2.45, 2.75) is 13.8 Å². The van der Waals surface area contributed by atoms with E-state index in [0.717, 1.165) is 11.1 Å². The number of benzene rings is 3. The van der Waals surface area contributed by atoms with Crippen LogP contribution in [-0.2, 0) is 0 Å². The van der Waals surface area contributed by atoms with Gasteiger partial charge >= 0.3 is 0 Å². The second kappa shape index (κ2) is 7.66. The summed E-state index contributed by atoms with van der Waals surface area (Å²) in [7, 11) is 0. The maximum Gasteiger partial charge on any atom is 0.256 e. The monoisotopic (exact) mass is 344 g/mol. The highest BCUT2D eigenvalue weighted by atomic mass is 16.2. The molecular weight excluding hydrogens is 324 g/mol. The zero-order chi connectivity index (χ0) is 18.5. The third-order valence-corrected chi connectivity index (χ3v) is 4.04. The summed E-state index contributed by atoms with van der Waals surface area (Å²) >= 11 is 0. The molecule has 0 radical (unpaired) electrons. The average molecular weight is 344 g/mol. The van der Waals surface area contributed by atoms with Crippen LogP contribution >= 0.6 is 0 Å². The van der Waals surface area contributed by atoms with Crippen LogP contribution in [0.25, 0.3) is 0 Å². The molecule has 2 amide bonds. The van der Waals surface area contributed by atoms with E-state index in [-0.39, 0.29) is 11.8 Å². The second-order valence-corrected chi connectivity index (χ2v) is 6.19. The molecule has 3 aromatic rings. The molecule has 2 N–H and O–H groups in total. The minimum Gasteiger partial charge on any atom is -0.322 e. The molecule has 3 aromatic carbocycles. The van der Waals surface area contributed by atoms with Gasteiger partial charge in [-0.25, -0.2) is 0 Å². The van der Waals surface area contributed by atoms with Crippen LogP contribution in [-0.4, -0.2) is 11.8 Å². The maximum atomic E-state index is 12.6. The molecule has 0 aliphatic rings. The highest BCUT2D eigenvalue weighted by Crippen LogP contribution is 2.16. The highest BCUT2D eigenvalue weighted by molar-refractivity contribution is 6.15. The molecule has 0 fully saturated rings. The summed E-state index contributed by atoms with van der Waals surface area (Å²) in [4.78, 5) is 25.3. The zero-order valence-corrected chi connectivity index (χ0v) is 14.7. The predicted octanol–water partition coefficient (Wildman–Crippen LogP) is 4.81. The molecule has 0 spiro atoms. The molecule has 0 atom stereocenters. The van der Waals surface area contributed by atoms with Gasteiger partial charge in [0.05, 0.1) is 11.1 Å². The van der Waals surface area contributed by atoms with E-state index in [2.05, 4.69) is 10.6 Å². The first-order chi connectivity index (χ1) is 12.5. The molecule has 0 aliphatic heterocycles. The van der Waals surface area contributed by atoms with E-state index in [4.69, 9.17) is 0 Å². The molecule has 3 rings (SSSR count). The Morgan fingerprint density at radius 1 is 0.577 bits per heavy atom. The number of anilines is 2. The fourth-order valence-electron chi connectivity index (χ4n) is 2.55. The van der Waals surface area contributed by atoms with Crippen molar-refractivity contribution < 1.29 is 9.59 Å². The highest BCUT2D eigenvalue weighted by Gasteiger charge is 2.17. The Balaban J connectivity index is 1.80. The first kappa shape index (κ1) is 17.4. The van der Waals surface area contributed by atoms with Crippen LogP contribution in [0.4, 0.5) is 11.4 Å². The third-order valence-electron chi connectivity index (χ3n) is 4.04. The second-order valence-electron chi connectivity index (χ2n) is 6.19. The van der Waals surface area contributed by atoms with Crippen LogP contribution in [0.3, 0.4) is 0 Å². The summed E-state index contributed by atoms with van der Waals surface area (Å²) in [5, 5.41) is 5.67. The molecule has 0 bridgehead atoms. The van der Waals surface area contributed by atoms with Crippen molar-refractivity contribution in [1.29, 1.82) is 0 Å². The number of carbonyl (C=O) groups is 2. The minimum absolute atomic E-state index is 0.316. The first-order valence-corrected chi connectivity index (χ1v) is 8.38. The Morgan fingerprint density at radius 3 is 1.27 bits per heavy atom. The number of hydrogen-bond donors (Lipinski definition) is 2. The lowest BCUT2D eigenvalue weighted by molar-refractivity contribution is 0.0990. The van der Waals surface area contributed by atoms with Crippen LogP contribution in [0.15, 0.2) is 72.8 Å². The lowest BCUT2D eigenvalue weighted by atomic mass is 10.1. The molecule has 0 heterocycles. The predicted molar refractivity (Wildman–Crippen MR) is 105 cm³/mol. The zero-order valence-electron chi connectivity index (χ0n) is 14.7. The van der Waals surface area contributed by atoms with Crippen LogP contribution in [0, 0.1) is 13.8 Å². The molecule has 0 aromatic heterocycles. The van der Waals surface area contributed by atoms with Gasteiger partial charge in [0.2, 0.25) is 0 Å². The van der Waals surface area contributed by atoms with E-state index in [1.807, 2.05) is 62.4 Å². The van der Waals surface area contributed by atoms with Gasteiger partial charge in [-0.05, 0) is 50.2 Å². The van der Waals surface area contributed by atoms with Gasteiger partial charge in [0.25, 0.3) is 11.8 Å². The molecule has 0 saturated heterocycles. The van der Waals surface area contributed by atoms with Crippen LogP contribution in [0.5, 0.6) is 0 Å². The summed E-state index contributed by atoms with van der Waals surface area (Å²) < 4.78 is 0. The Kier molecular flexibility index (Phi) is 5.13. The minimum atomic E-state index is -0.316. The van der Waals surface area contributed by atoms with Gasteiger partial charge in [0.15, 0.2) is 0 Å². The van der Waals surface area contributed by atoms with Gasteiger partial charge in [0, 0.05) is 11.4 Å². The van der Waals surface area contributed by atoms with E-state index >= 15 is 0 Å². The number of carbonyl (C=O) groups excluding carboxylic acids is 2. The fourth-order valence-corrected chi connectivity index (χ4v) is 2.55. The quantitative estimate of drug-likeness (QED) is 0.714. The number of aryl methyl sites for hydroxylation is 2. The summed E-state index contributed by atoms with van der Waals surface area (Å²) in [5.41, 5.74) is 4.26. The lowest BCUT2D eigenvalue weighted by Gasteiger charge is -2.11. The van der Waals surface area contributed by atoms with Crippen molar-refractivity contribution in [2.75, 3.05) is 10.6 Å². The topological polar surface area (TPSA) is 58.2 Å². The van der Waals surface area contributed by atoms with Crippen molar-refractivity contribution in [2.24, 2.45) is 0 Å². The van der Waals surface area contributed by atoms with E-state index in [1.165, 1.54) is 0 Å². The maximum absolute atomic E-state index is 12.6. The van der Waals surface area contributed by atoms with Crippen molar-refractivity contribution >= 4 is 23.2 Å². The fraction of sp³-hybridized carbons (Fsp3) is 0.0909. The molecule has 4 nitrogen and oxygen atoms in total. The number of hydrogen-bond acceptors (Lipinski definition) is 2. The Morgan fingerprint density at radius 2 is 0.923 bits per heavy atom. The summed E-state index contributed by atoms with van der Waals surface area (Å²) in [6.07, 6.45) is 0. The van der Waals surface area contributed by atoms with Crippen molar-refractivity contribution in [3.8, 4) is 0 Å².